The van der Waals surface area contributed by atoms with Crippen LogP contribution in [0.3, 0.4) is 0 Å². The lowest BCUT2D eigenvalue weighted by atomic mass is 9.85. The second-order valence-corrected chi connectivity index (χ2v) is 6.11. The Bertz CT molecular complexity index is 313. The van der Waals surface area contributed by atoms with Crippen molar-refractivity contribution in [1.82, 2.24) is 15.5 Å². The van der Waals surface area contributed by atoms with Gasteiger partial charge in [-0.3, -0.25) is 9.89 Å². The van der Waals surface area contributed by atoms with E-state index in [-0.39, 0.29) is 24.0 Å². The Morgan fingerprint density at radius 3 is 2.58 bits per heavy atom. The van der Waals surface area contributed by atoms with Crippen LogP contribution in [0.1, 0.15) is 38.5 Å². The number of nitrogens with zero attached hydrogens (tertiary/aromatic N) is 2. The van der Waals surface area contributed by atoms with E-state index in [2.05, 4.69) is 20.5 Å². The average molecular weight is 378 g/mol. The number of aliphatic imine (C=N–C) groups is 1. The van der Waals surface area contributed by atoms with Gasteiger partial charge in [-0.05, 0) is 38.0 Å². The Morgan fingerprint density at radius 1 is 1.21 bits per heavy atom. The molecule has 2 aliphatic carbocycles. The zero-order valence-corrected chi connectivity index (χ0v) is 14.2. The highest BCUT2D eigenvalue weighted by Gasteiger charge is 2.34. The van der Waals surface area contributed by atoms with Gasteiger partial charge in [-0.25, -0.2) is 0 Å². The molecule has 1 aliphatic heterocycles. The highest BCUT2D eigenvalue weighted by atomic mass is 127. The van der Waals surface area contributed by atoms with E-state index in [9.17, 15) is 0 Å². The summed E-state index contributed by atoms with van der Waals surface area (Å²) in [5.74, 6) is 1.89. The van der Waals surface area contributed by atoms with Crippen molar-refractivity contribution in [3.63, 3.8) is 0 Å². The molecule has 2 saturated carbocycles. The summed E-state index contributed by atoms with van der Waals surface area (Å²) in [6.45, 7) is 3.56. The number of hydrogen-bond donors (Lipinski definition) is 2. The molecule has 110 valence electrons. The molecule has 1 unspecified atom stereocenters. The van der Waals surface area contributed by atoms with Crippen molar-refractivity contribution >= 4 is 29.9 Å². The van der Waals surface area contributed by atoms with Crippen LogP contribution in [0.4, 0.5) is 0 Å². The van der Waals surface area contributed by atoms with Gasteiger partial charge in [-0.1, -0.05) is 6.42 Å². The van der Waals surface area contributed by atoms with Gasteiger partial charge in [0.05, 0.1) is 0 Å². The normalized spacial score (nSPS) is 28.7. The first-order valence-corrected chi connectivity index (χ1v) is 7.56. The molecule has 0 amide bonds. The molecule has 4 nitrogen and oxygen atoms in total. The Morgan fingerprint density at radius 2 is 2.00 bits per heavy atom. The topological polar surface area (TPSA) is 39.7 Å². The van der Waals surface area contributed by atoms with Gasteiger partial charge in [0, 0.05) is 38.8 Å². The fourth-order valence-corrected chi connectivity index (χ4v) is 3.00. The van der Waals surface area contributed by atoms with Crippen LogP contribution in [0, 0.1) is 5.92 Å². The van der Waals surface area contributed by atoms with Crippen LogP contribution in [-0.4, -0.2) is 49.6 Å². The predicted molar refractivity (Wildman–Crippen MR) is 90.3 cm³/mol. The van der Waals surface area contributed by atoms with Crippen molar-refractivity contribution in [2.45, 2.75) is 50.6 Å². The molecule has 1 saturated heterocycles. The third-order valence-electron chi connectivity index (χ3n) is 4.63. The predicted octanol–water partition coefficient (Wildman–Crippen LogP) is 1.81. The van der Waals surface area contributed by atoms with E-state index in [0.717, 1.165) is 24.5 Å². The van der Waals surface area contributed by atoms with Crippen LogP contribution in [-0.2, 0) is 0 Å². The summed E-state index contributed by atoms with van der Waals surface area (Å²) in [4.78, 5) is 6.98. The molecule has 2 N–H and O–H groups in total. The Hall–Kier alpha value is -0.0400. The van der Waals surface area contributed by atoms with E-state index >= 15 is 0 Å². The first-order chi connectivity index (χ1) is 8.85. The van der Waals surface area contributed by atoms with E-state index in [0.29, 0.717) is 6.04 Å². The third-order valence-corrected chi connectivity index (χ3v) is 4.63. The first-order valence-electron chi connectivity index (χ1n) is 7.56. The van der Waals surface area contributed by atoms with E-state index in [4.69, 9.17) is 0 Å². The second kappa shape index (κ2) is 7.11. The summed E-state index contributed by atoms with van der Waals surface area (Å²) in [7, 11) is 1.88. The van der Waals surface area contributed by atoms with E-state index in [1.165, 1.54) is 51.6 Å². The molecule has 0 radical (unpaired) electrons. The van der Waals surface area contributed by atoms with Gasteiger partial charge in [0.15, 0.2) is 5.96 Å². The summed E-state index contributed by atoms with van der Waals surface area (Å²) in [6, 6.07) is 1.50. The molecule has 19 heavy (non-hydrogen) atoms. The highest BCUT2D eigenvalue weighted by Crippen LogP contribution is 2.29. The smallest absolute Gasteiger partial charge is 0.191 e. The summed E-state index contributed by atoms with van der Waals surface area (Å²) in [6.07, 6.45) is 8.30. The minimum Gasteiger partial charge on any atom is -0.356 e. The van der Waals surface area contributed by atoms with Crippen LogP contribution in [0.15, 0.2) is 4.99 Å². The second-order valence-electron chi connectivity index (χ2n) is 6.11. The molecular weight excluding hydrogens is 351 g/mol. The highest BCUT2D eigenvalue weighted by molar-refractivity contribution is 14.0. The average Bonchev–Trinajstić information content (AvgIpc) is 3.07. The molecule has 3 aliphatic rings. The standard InChI is InChI=1S/C14H26N4.HI/c1-15-14(16-9-11-3-2-4-11)17-12-7-8-18(10-12)13-5-6-13;/h11-13H,2-10H2,1H3,(H2,15,16,17);1H. The third kappa shape index (κ3) is 4.21. The minimum atomic E-state index is 0. The SMILES string of the molecule is CN=C(NCC1CCC1)NC1CCN(C2CC2)C1.I. The maximum atomic E-state index is 4.34. The molecule has 0 aromatic heterocycles. The minimum absolute atomic E-state index is 0. The lowest BCUT2D eigenvalue weighted by Crippen LogP contribution is -2.46. The molecule has 1 heterocycles. The first kappa shape index (κ1) is 15.4. The monoisotopic (exact) mass is 378 g/mol. The van der Waals surface area contributed by atoms with Crippen LogP contribution >= 0.6 is 24.0 Å². The van der Waals surface area contributed by atoms with Gasteiger partial charge < -0.3 is 10.6 Å². The van der Waals surface area contributed by atoms with Crippen molar-refractivity contribution in [2.24, 2.45) is 10.9 Å². The van der Waals surface area contributed by atoms with Crippen LogP contribution in [0.5, 0.6) is 0 Å². The molecule has 5 heteroatoms. The number of guanidine groups is 1. The largest absolute Gasteiger partial charge is 0.356 e. The zero-order chi connectivity index (χ0) is 12.4. The summed E-state index contributed by atoms with van der Waals surface area (Å²) in [5, 5.41) is 7.06. The molecular formula is C14H27IN4. The van der Waals surface area contributed by atoms with E-state index in [1.54, 1.807) is 0 Å². The summed E-state index contributed by atoms with van der Waals surface area (Å²) in [5.41, 5.74) is 0. The van der Waals surface area contributed by atoms with E-state index in [1.807, 2.05) is 7.05 Å². The lowest BCUT2D eigenvalue weighted by molar-refractivity contribution is 0.312. The molecule has 0 aromatic rings. The van der Waals surface area contributed by atoms with Gasteiger partial charge in [0.2, 0.25) is 0 Å². The number of nitrogens with one attached hydrogen (secondary N) is 2. The van der Waals surface area contributed by atoms with Crippen molar-refractivity contribution in [2.75, 3.05) is 26.7 Å². The van der Waals surface area contributed by atoms with Crippen molar-refractivity contribution in [3.05, 3.63) is 0 Å². The van der Waals surface area contributed by atoms with Crippen molar-refractivity contribution < 1.29 is 0 Å². The van der Waals surface area contributed by atoms with E-state index < -0.39 is 0 Å². The Balaban J connectivity index is 0.00000133. The Kier molecular flexibility index (Phi) is 5.74. The lowest BCUT2D eigenvalue weighted by Gasteiger charge is -2.27. The molecule has 1 atom stereocenters. The van der Waals surface area contributed by atoms with Gasteiger partial charge in [0.25, 0.3) is 0 Å². The number of rotatable bonds is 4. The summed E-state index contributed by atoms with van der Waals surface area (Å²) >= 11 is 0. The van der Waals surface area contributed by atoms with Gasteiger partial charge >= 0.3 is 0 Å². The molecule has 3 rings (SSSR count). The fourth-order valence-electron chi connectivity index (χ4n) is 3.00. The summed E-state index contributed by atoms with van der Waals surface area (Å²) < 4.78 is 0. The van der Waals surface area contributed by atoms with Crippen LogP contribution in [0.2, 0.25) is 0 Å². The van der Waals surface area contributed by atoms with Gasteiger partial charge in [0.1, 0.15) is 0 Å². The molecule has 0 spiro atoms. The van der Waals surface area contributed by atoms with Crippen LogP contribution < -0.4 is 10.6 Å². The number of likely N-dealkylation sites (tertiary alicyclic amines) is 1. The molecule has 0 bridgehead atoms. The van der Waals surface area contributed by atoms with Crippen LogP contribution in [0.25, 0.3) is 0 Å². The maximum absolute atomic E-state index is 4.34. The maximum Gasteiger partial charge on any atom is 0.191 e. The van der Waals surface area contributed by atoms with Crippen molar-refractivity contribution in [3.8, 4) is 0 Å². The van der Waals surface area contributed by atoms with Crippen molar-refractivity contribution in [1.29, 1.82) is 0 Å². The molecule has 0 aromatic carbocycles. The van der Waals surface area contributed by atoms with Gasteiger partial charge in [-0.2, -0.15) is 0 Å². The Labute approximate surface area is 133 Å². The van der Waals surface area contributed by atoms with Gasteiger partial charge in [-0.15, -0.1) is 24.0 Å². The zero-order valence-electron chi connectivity index (χ0n) is 11.9. The molecule has 3 fully saturated rings. The fraction of sp³-hybridized carbons (Fsp3) is 0.929. The number of hydrogen-bond acceptors (Lipinski definition) is 2. The quantitative estimate of drug-likeness (QED) is 0.445. The number of halogens is 1.